The monoisotopic (exact) mass is 278 g/mol. The third-order valence-corrected chi connectivity index (χ3v) is 3.83. The lowest BCUT2D eigenvalue weighted by molar-refractivity contribution is -0.138. The lowest BCUT2D eigenvalue weighted by Crippen LogP contribution is -2.14. The molecule has 0 bridgehead atoms. The van der Waals surface area contributed by atoms with Crippen LogP contribution < -0.4 is 0 Å². The molecule has 0 radical (unpaired) electrons. The first kappa shape index (κ1) is 14.1. The van der Waals surface area contributed by atoms with Gasteiger partial charge in [0.15, 0.2) is 0 Å². The van der Waals surface area contributed by atoms with Crippen LogP contribution in [0.3, 0.4) is 0 Å². The van der Waals surface area contributed by atoms with Crippen molar-refractivity contribution >= 4 is 17.6 Å². The maximum atomic E-state index is 12.0. The topological polar surface area (TPSA) is 26.3 Å². The van der Waals surface area contributed by atoms with E-state index in [0.29, 0.717) is 6.61 Å². The van der Waals surface area contributed by atoms with Crippen molar-refractivity contribution in [3.8, 4) is 0 Å². The molecule has 0 fully saturated rings. The van der Waals surface area contributed by atoms with Crippen molar-refractivity contribution in [2.45, 2.75) is 39.0 Å². The van der Waals surface area contributed by atoms with Crippen LogP contribution in [0, 0.1) is 0 Å². The fourth-order valence-corrected chi connectivity index (χ4v) is 2.70. The van der Waals surface area contributed by atoms with Crippen molar-refractivity contribution in [2.24, 2.45) is 0 Å². The summed E-state index contributed by atoms with van der Waals surface area (Å²) in [6, 6.07) is 7.82. The van der Waals surface area contributed by atoms with Crippen LogP contribution in [0.25, 0.3) is 0 Å². The molecule has 0 amide bonds. The van der Waals surface area contributed by atoms with Crippen LogP contribution in [0.15, 0.2) is 35.4 Å². The fraction of sp³-hybridized carbons (Fsp3) is 0.438. The average molecular weight is 279 g/mol. The Hall–Kier alpha value is -1.28. The molecule has 3 heteroatoms. The van der Waals surface area contributed by atoms with E-state index in [1.54, 1.807) is 0 Å². The Morgan fingerprint density at radius 3 is 2.74 bits per heavy atom. The van der Waals surface area contributed by atoms with Gasteiger partial charge < -0.3 is 4.74 Å². The van der Waals surface area contributed by atoms with Gasteiger partial charge in [-0.1, -0.05) is 35.4 Å². The molecule has 0 saturated carbocycles. The minimum atomic E-state index is -0.149. The smallest absolute Gasteiger partial charge is 0.333 e. The molecular formula is C16H19ClO2. The molecule has 2 rings (SSSR count). The number of rotatable bonds is 4. The first-order valence-corrected chi connectivity index (χ1v) is 7.21. The SMILES string of the molecule is CCOC(=O)C1=C(Cc2ccccc2Cl)CCCC1. The molecule has 19 heavy (non-hydrogen) atoms. The van der Waals surface area contributed by atoms with Crippen LogP contribution in [-0.2, 0) is 16.0 Å². The molecule has 0 spiro atoms. The van der Waals surface area contributed by atoms with Crippen LogP contribution in [0.2, 0.25) is 5.02 Å². The van der Waals surface area contributed by atoms with Gasteiger partial charge in [0, 0.05) is 10.6 Å². The van der Waals surface area contributed by atoms with Gasteiger partial charge in [-0.05, 0) is 50.7 Å². The Labute approximate surface area is 119 Å². The highest BCUT2D eigenvalue weighted by Crippen LogP contribution is 2.30. The number of halogens is 1. The molecule has 0 atom stereocenters. The van der Waals surface area contributed by atoms with Crippen LogP contribution in [0.1, 0.15) is 38.2 Å². The van der Waals surface area contributed by atoms with Crippen LogP contribution in [0.5, 0.6) is 0 Å². The number of hydrogen-bond donors (Lipinski definition) is 0. The van der Waals surface area contributed by atoms with Crippen molar-refractivity contribution in [1.29, 1.82) is 0 Å². The van der Waals surface area contributed by atoms with E-state index in [-0.39, 0.29) is 5.97 Å². The molecule has 1 aromatic carbocycles. The quantitative estimate of drug-likeness (QED) is 0.767. The molecule has 1 aliphatic rings. The summed E-state index contributed by atoms with van der Waals surface area (Å²) in [4.78, 5) is 12.0. The number of allylic oxidation sites excluding steroid dienone is 1. The summed E-state index contributed by atoms with van der Waals surface area (Å²) in [7, 11) is 0. The molecule has 1 aromatic rings. The lowest BCUT2D eigenvalue weighted by atomic mass is 9.88. The second-order valence-electron chi connectivity index (χ2n) is 4.78. The molecule has 0 unspecified atom stereocenters. The zero-order chi connectivity index (χ0) is 13.7. The van der Waals surface area contributed by atoms with Gasteiger partial charge in [0.2, 0.25) is 0 Å². The summed E-state index contributed by atoms with van der Waals surface area (Å²) < 4.78 is 5.15. The summed E-state index contributed by atoms with van der Waals surface area (Å²) in [5.41, 5.74) is 3.15. The number of esters is 1. The largest absolute Gasteiger partial charge is 0.463 e. The van der Waals surface area contributed by atoms with Gasteiger partial charge in [-0.2, -0.15) is 0 Å². The van der Waals surface area contributed by atoms with Crippen molar-refractivity contribution in [2.75, 3.05) is 6.61 Å². The minimum absolute atomic E-state index is 0.149. The van der Waals surface area contributed by atoms with E-state index in [0.717, 1.165) is 48.3 Å². The zero-order valence-corrected chi connectivity index (χ0v) is 12.0. The molecule has 102 valence electrons. The first-order valence-electron chi connectivity index (χ1n) is 6.83. The molecule has 0 heterocycles. The number of hydrogen-bond acceptors (Lipinski definition) is 2. The Morgan fingerprint density at radius 2 is 2.00 bits per heavy atom. The van der Waals surface area contributed by atoms with Crippen molar-refractivity contribution < 1.29 is 9.53 Å². The van der Waals surface area contributed by atoms with E-state index < -0.39 is 0 Å². The number of benzene rings is 1. The van der Waals surface area contributed by atoms with Crippen LogP contribution in [-0.4, -0.2) is 12.6 Å². The molecule has 2 nitrogen and oxygen atoms in total. The highest BCUT2D eigenvalue weighted by Gasteiger charge is 2.20. The van der Waals surface area contributed by atoms with Gasteiger partial charge in [0.1, 0.15) is 0 Å². The molecular weight excluding hydrogens is 260 g/mol. The third kappa shape index (κ3) is 3.60. The normalized spacial score (nSPS) is 15.5. The van der Waals surface area contributed by atoms with Gasteiger partial charge in [-0.15, -0.1) is 0 Å². The summed E-state index contributed by atoms with van der Waals surface area (Å²) in [6.45, 7) is 2.27. The Kier molecular flexibility index (Phi) is 5.03. The predicted octanol–water partition coefficient (Wildman–Crippen LogP) is 4.32. The molecule has 0 aromatic heterocycles. The Balaban J connectivity index is 2.23. The minimum Gasteiger partial charge on any atom is -0.463 e. The molecule has 0 saturated heterocycles. The second-order valence-corrected chi connectivity index (χ2v) is 5.19. The lowest BCUT2D eigenvalue weighted by Gasteiger charge is -2.19. The van der Waals surface area contributed by atoms with E-state index in [9.17, 15) is 4.79 Å². The number of ether oxygens (including phenoxy) is 1. The van der Waals surface area contributed by atoms with E-state index in [1.807, 2.05) is 31.2 Å². The van der Waals surface area contributed by atoms with Gasteiger partial charge in [0.05, 0.1) is 6.61 Å². The van der Waals surface area contributed by atoms with E-state index in [2.05, 4.69) is 0 Å². The fourth-order valence-electron chi connectivity index (χ4n) is 2.50. The van der Waals surface area contributed by atoms with Crippen LogP contribution in [0.4, 0.5) is 0 Å². The van der Waals surface area contributed by atoms with Crippen molar-refractivity contribution in [3.05, 3.63) is 46.0 Å². The van der Waals surface area contributed by atoms with Crippen molar-refractivity contribution in [3.63, 3.8) is 0 Å². The van der Waals surface area contributed by atoms with E-state index >= 15 is 0 Å². The maximum absolute atomic E-state index is 12.0. The molecule has 0 N–H and O–H groups in total. The second kappa shape index (κ2) is 6.76. The Morgan fingerprint density at radius 1 is 1.26 bits per heavy atom. The predicted molar refractivity (Wildman–Crippen MR) is 77.3 cm³/mol. The Bertz CT molecular complexity index is 491. The van der Waals surface area contributed by atoms with E-state index in [4.69, 9.17) is 16.3 Å². The number of carbonyl (C=O) groups is 1. The summed E-state index contributed by atoms with van der Waals surface area (Å²) >= 11 is 6.19. The van der Waals surface area contributed by atoms with Crippen LogP contribution >= 0.6 is 11.6 Å². The van der Waals surface area contributed by atoms with Gasteiger partial charge in [0.25, 0.3) is 0 Å². The number of carbonyl (C=O) groups excluding carboxylic acids is 1. The van der Waals surface area contributed by atoms with Gasteiger partial charge >= 0.3 is 5.97 Å². The standard InChI is InChI=1S/C16H19ClO2/c1-2-19-16(18)14-9-5-3-7-12(14)11-13-8-4-6-10-15(13)17/h4,6,8,10H,2-3,5,7,9,11H2,1H3. The van der Waals surface area contributed by atoms with Gasteiger partial charge in [-0.3, -0.25) is 0 Å². The third-order valence-electron chi connectivity index (χ3n) is 3.47. The highest BCUT2D eigenvalue weighted by molar-refractivity contribution is 6.31. The first-order chi connectivity index (χ1) is 9.22. The van der Waals surface area contributed by atoms with Crippen molar-refractivity contribution in [1.82, 2.24) is 0 Å². The van der Waals surface area contributed by atoms with Gasteiger partial charge in [-0.25, -0.2) is 4.79 Å². The maximum Gasteiger partial charge on any atom is 0.333 e. The average Bonchev–Trinajstić information content (AvgIpc) is 2.42. The zero-order valence-electron chi connectivity index (χ0n) is 11.2. The summed E-state index contributed by atoms with van der Waals surface area (Å²) in [6.07, 6.45) is 4.77. The molecule has 0 aliphatic heterocycles. The molecule has 1 aliphatic carbocycles. The van der Waals surface area contributed by atoms with E-state index in [1.165, 1.54) is 5.57 Å². The highest BCUT2D eigenvalue weighted by atomic mass is 35.5. The summed E-state index contributed by atoms with van der Waals surface area (Å²) in [5, 5.41) is 0.767. The summed E-state index contributed by atoms with van der Waals surface area (Å²) in [5.74, 6) is -0.149.